The van der Waals surface area contributed by atoms with Crippen LogP contribution in [0.5, 0.6) is 0 Å². The second-order valence-corrected chi connectivity index (χ2v) is 7.48. The molecule has 0 spiro atoms. The molecule has 1 heterocycles. The molecule has 0 saturated heterocycles. The van der Waals surface area contributed by atoms with E-state index in [9.17, 15) is 5.11 Å². The molecule has 0 amide bonds. The number of aliphatic hydroxyl groups excluding tert-OH is 1. The SMILES string of the molecule is C[C@H](O)CN(C)CC/C=C1/c2ccccc2CSc2ccccc21. The van der Waals surface area contributed by atoms with E-state index in [1.54, 1.807) is 0 Å². The lowest BCUT2D eigenvalue weighted by molar-refractivity contribution is 0.142. The first-order valence-corrected chi connectivity index (χ1v) is 9.51. The van der Waals surface area contributed by atoms with Gasteiger partial charge in [-0.2, -0.15) is 0 Å². The van der Waals surface area contributed by atoms with Crippen LogP contribution in [-0.4, -0.2) is 36.2 Å². The van der Waals surface area contributed by atoms with Crippen LogP contribution in [-0.2, 0) is 5.75 Å². The van der Waals surface area contributed by atoms with Gasteiger partial charge in [-0.15, -0.1) is 11.8 Å². The number of aliphatic hydroxyl groups is 1. The van der Waals surface area contributed by atoms with Gasteiger partial charge in [-0.05, 0) is 48.7 Å². The summed E-state index contributed by atoms with van der Waals surface area (Å²) in [5, 5.41) is 9.51. The Kier molecular flexibility index (Phi) is 5.77. The zero-order chi connectivity index (χ0) is 16.9. The van der Waals surface area contributed by atoms with Gasteiger partial charge in [0.1, 0.15) is 0 Å². The highest BCUT2D eigenvalue weighted by Crippen LogP contribution is 2.39. The molecule has 0 fully saturated rings. The number of rotatable bonds is 5. The van der Waals surface area contributed by atoms with Crippen LogP contribution in [0, 0.1) is 0 Å². The Morgan fingerprint density at radius 2 is 1.83 bits per heavy atom. The number of nitrogens with zero attached hydrogens (tertiary/aromatic N) is 1. The lowest BCUT2D eigenvalue weighted by Crippen LogP contribution is -2.27. The van der Waals surface area contributed by atoms with Crippen molar-refractivity contribution in [3.8, 4) is 0 Å². The normalized spacial score (nSPS) is 16.6. The third-order valence-electron chi connectivity index (χ3n) is 4.30. The molecule has 1 atom stereocenters. The quantitative estimate of drug-likeness (QED) is 0.872. The summed E-state index contributed by atoms with van der Waals surface area (Å²) in [4.78, 5) is 3.54. The fourth-order valence-electron chi connectivity index (χ4n) is 3.22. The molecular weight excluding hydrogens is 314 g/mol. The van der Waals surface area contributed by atoms with Crippen LogP contribution in [0.25, 0.3) is 5.57 Å². The Bertz CT molecular complexity index is 674. The lowest BCUT2D eigenvalue weighted by atomic mass is 9.93. The zero-order valence-electron chi connectivity index (χ0n) is 14.4. The number of likely N-dealkylation sites (N-methyl/N-ethyl adjacent to an activating group) is 1. The van der Waals surface area contributed by atoms with Crippen molar-refractivity contribution in [3.05, 3.63) is 71.3 Å². The highest BCUT2D eigenvalue weighted by molar-refractivity contribution is 7.98. The summed E-state index contributed by atoms with van der Waals surface area (Å²) in [5.74, 6) is 1.02. The Morgan fingerprint density at radius 1 is 1.12 bits per heavy atom. The molecule has 0 bridgehead atoms. The van der Waals surface area contributed by atoms with Crippen LogP contribution in [0.4, 0.5) is 0 Å². The highest BCUT2D eigenvalue weighted by Gasteiger charge is 2.17. The molecule has 2 aromatic carbocycles. The maximum atomic E-state index is 9.51. The maximum absolute atomic E-state index is 9.51. The molecule has 0 aromatic heterocycles. The van der Waals surface area contributed by atoms with Crippen LogP contribution >= 0.6 is 11.8 Å². The molecule has 3 rings (SSSR count). The van der Waals surface area contributed by atoms with Crippen molar-refractivity contribution in [2.45, 2.75) is 30.1 Å². The van der Waals surface area contributed by atoms with E-state index in [0.29, 0.717) is 6.54 Å². The molecule has 2 nitrogen and oxygen atoms in total. The Hall–Kier alpha value is -1.55. The van der Waals surface area contributed by atoms with Crippen molar-refractivity contribution < 1.29 is 5.11 Å². The van der Waals surface area contributed by atoms with Gasteiger partial charge in [0.15, 0.2) is 0 Å². The lowest BCUT2D eigenvalue weighted by Gasteiger charge is -2.18. The van der Waals surface area contributed by atoms with E-state index in [2.05, 4.69) is 66.6 Å². The number of fused-ring (bicyclic) bond motifs is 2. The number of hydrogen-bond donors (Lipinski definition) is 1. The second-order valence-electron chi connectivity index (χ2n) is 6.46. The summed E-state index contributed by atoms with van der Waals surface area (Å²) in [6.45, 7) is 3.50. The third kappa shape index (κ3) is 4.10. The summed E-state index contributed by atoms with van der Waals surface area (Å²) in [5.41, 5.74) is 5.44. The maximum Gasteiger partial charge on any atom is 0.0638 e. The summed E-state index contributed by atoms with van der Waals surface area (Å²) in [6.07, 6.45) is 3.06. The van der Waals surface area contributed by atoms with E-state index >= 15 is 0 Å². The predicted octanol–water partition coefficient (Wildman–Crippen LogP) is 4.43. The van der Waals surface area contributed by atoms with E-state index in [-0.39, 0.29) is 6.10 Å². The molecule has 126 valence electrons. The largest absolute Gasteiger partial charge is 0.392 e. The molecule has 0 aliphatic carbocycles. The first-order valence-electron chi connectivity index (χ1n) is 8.52. The zero-order valence-corrected chi connectivity index (χ0v) is 15.2. The van der Waals surface area contributed by atoms with Crippen LogP contribution in [0.2, 0.25) is 0 Å². The third-order valence-corrected chi connectivity index (χ3v) is 5.43. The van der Waals surface area contributed by atoms with Gasteiger partial charge in [-0.25, -0.2) is 0 Å². The fraction of sp³-hybridized carbons (Fsp3) is 0.333. The van der Waals surface area contributed by atoms with Crippen molar-refractivity contribution >= 4 is 17.3 Å². The van der Waals surface area contributed by atoms with Gasteiger partial charge in [0.2, 0.25) is 0 Å². The minimum absolute atomic E-state index is 0.279. The van der Waals surface area contributed by atoms with E-state index in [1.807, 2.05) is 18.7 Å². The van der Waals surface area contributed by atoms with Crippen molar-refractivity contribution in [3.63, 3.8) is 0 Å². The van der Waals surface area contributed by atoms with Gasteiger partial charge in [0, 0.05) is 23.7 Å². The molecule has 24 heavy (non-hydrogen) atoms. The van der Waals surface area contributed by atoms with E-state index in [4.69, 9.17) is 0 Å². The Labute approximate surface area is 149 Å². The van der Waals surface area contributed by atoms with E-state index in [1.165, 1.54) is 27.2 Å². The summed E-state index contributed by atoms with van der Waals surface area (Å²) in [7, 11) is 2.07. The standard InChI is InChI=1S/C21H25NOS/c1-16(23)14-22(2)13-7-11-19-18-9-4-3-8-17(18)15-24-21-12-6-5-10-20(19)21/h3-6,8-12,16,23H,7,13-15H2,1-2H3/b19-11-/t16-/m0/s1. The summed E-state index contributed by atoms with van der Waals surface area (Å²) >= 11 is 1.92. The molecule has 1 aliphatic heterocycles. The molecule has 3 heteroatoms. The van der Waals surface area contributed by atoms with Crippen molar-refractivity contribution in [1.82, 2.24) is 4.90 Å². The predicted molar refractivity (Wildman–Crippen MR) is 103 cm³/mol. The van der Waals surface area contributed by atoms with Crippen LogP contribution in [0.15, 0.2) is 59.5 Å². The number of benzene rings is 2. The molecular formula is C21H25NOS. The molecule has 0 saturated carbocycles. The minimum atomic E-state index is -0.279. The van der Waals surface area contributed by atoms with Crippen molar-refractivity contribution in [2.75, 3.05) is 20.1 Å². The average molecular weight is 340 g/mol. The molecule has 1 N–H and O–H groups in total. The van der Waals surface area contributed by atoms with Gasteiger partial charge < -0.3 is 10.0 Å². The topological polar surface area (TPSA) is 23.5 Å². The van der Waals surface area contributed by atoms with Gasteiger partial charge in [-0.3, -0.25) is 0 Å². The number of hydrogen-bond acceptors (Lipinski definition) is 3. The van der Waals surface area contributed by atoms with E-state index < -0.39 is 0 Å². The molecule has 0 unspecified atom stereocenters. The monoisotopic (exact) mass is 339 g/mol. The van der Waals surface area contributed by atoms with E-state index in [0.717, 1.165) is 18.7 Å². The van der Waals surface area contributed by atoms with Gasteiger partial charge in [0.25, 0.3) is 0 Å². The Balaban J connectivity index is 1.89. The highest BCUT2D eigenvalue weighted by atomic mass is 32.2. The fourth-order valence-corrected chi connectivity index (χ4v) is 4.29. The first-order chi connectivity index (χ1) is 11.6. The smallest absolute Gasteiger partial charge is 0.0638 e. The van der Waals surface area contributed by atoms with Crippen LogP contribution < -0.4 is 0 Å². The average Bonchev–Trinajstić information content (AvgIpc) is 2.72. The minimum Gasteiger partial charge on any atom is -0.392 e. The van der Waals surface area contributed by atoms with Crippen molar-refractivity contribution in [1.29, 1.82) is 0 Å². The second kappa shape index (κ2) is 8.02. The Morgan fingerprint density at radius 3 is 2.62 bits per heavy atom. The molecule has 0 radical (unpaired) electrons. The van der Waals surface area contributed by atoms with Gasteiger partial charge in [0.05, 0.1) is 6.10 Å². The van der Waals surface area contributed by atoms with Crippen LogP contribution in [0.1, 0.15) is 30.0 Å². The number of thioether (sulfide) groups is 1. The van der Waals surface area contributed by atoms with Gasteiger partial charge >= 0.3 is 0 Å². The first kappa shape index (κ1) is 17.3. The van der Waals surface area contributed by atoms with Crippen LogP contribution in [0.3, 0.4) is 0 Å². The summed E-state index contributed by atoms with van der Waals surface area (Å²) in [6, 6.07) is 17.4. The molecule has 1 aliphatic rings. The van der Waals surface area contributed by atoms with Gasteiger partial charge in [-0.1, -0.05) is 48.5 Å². The summed E-state index contributed by atoms with van der Waals surface area (Å²) < 4.78 is 0. The van der Waals surface area contributed by atoms with Crippen molar-refractivity contribution in [2.24, 2.45) is 0 Å². The molecule has 2 aromatic rings.